The Hall–Kier alpha value is -4.19. The van der Waals surface area contributed by atoms with E-state index < -0.39 is 0 Å². The van der Waals surface area contributed by atoms with Gasteiger partial charge in [-0.05, 0) is 69.1 Å². The molecule has 6 heteroatoms. The smallest absolute Gasteiger partial charge is 0.368 e. The summed E-state index contributed by atoms with van der Waals surface area (Å²) in [5, 5.41) is 10.1. The molecule has 0 fully saturated rings. The number of ether oxygens (including phenoxy) is 1. The molecular weight excluding hydrogens is 400 g/mol. The normalized spacial score (nSPS) is 11.1. The molecule has 0 amide bonds. The third kappa shape index (κ3) is 3.67. The van der Waals surface area contributed by atoms with Crippen molar-refractivity contribution in [2.75, 3.05) is 0 Å². The zero-order valence-electron chi connectivity index (χ0n) is 17.9. The van der Waals surface area contributed by atoms with Gasteiger partial charge in [-0.25, -0.2) is 4.79 Å². The number of tetrazole rings is 1. The minimum Gasteiger partial charge on any atom is -0.489 e. The molecule has 0 aliphatic heterocycles. The summed E-state index contributed by atoms with van der Waals surface area (Å²) in [7, 11) is 1.58. The van der Waals surface area contributed by atoms with Crippen molar-refractivity contribution in [3.63, 3.8) is 0 Å². The number of benzene rings is 4. The summed E-state index contributed by atoms with van der Waals surface area (Å²) >= 11 is 0. The highest BCUT2D eigenvalue weighted by molar-refractivity contribution is 5.88. The molecule has 158 valence electrons. The van der Waals surface area contributed by atoms with Crippen LogP contribution in [0.3, 0.4) is 0 Å². The summed E-state index contributed by atoms with van der Waals surface area (Å²) in [6.45, 7) is 2.31. The van der Waals surface area contributed by atoms with E-state index in [2.05, 4.69) is 46.8 Å². The van der Waals surface area contributed by atoms with Crippen molar-refractivity contribution in [2.24, 2.45) is 7.05 Å². The summed E-state index contributed by atoms with van der Waals surface area (Å²) < 4.78 is 8.68. The van der Waals surface area contributed by atoms with Gasteiger partial charge < -0.3 is 4.74 Å². The van der Waals surface area contributed by atoms with Gasteiger partial charge in [0.1, 0.15) is 12.4 Å². The molecular formula is C26H22N4O2. The molecule has 0 bridgehead atoms. The van der Waals surface area contributed by atoms with Crippen LogP contribution in [0.15, 0.2) is 89.7 Å². The van der Waals surface area contributed by atoms with Crippen molar-refractivity contribution in [1.29, 1.82) is 0 Å². The molecule has 0 saturated heterocycles. The Morgan fingerprint density at radius 1 is 0.812 bits per heavy atom. The van der Waals surface area contributed by atoms with E-state index in [1.165, 1.54) is 20.5 Å². The van der Waals surface area contributed by atoms with Gasteiger partial charge in [-0.2, -0.15) is 9.36 Å². The van der Waals surface area contributed by atoms with Crippen molar-refractivity contribution >= 4 is 10.8 Å². The van der Waals surface area contributed by atoms with E-state index in [1.54, 1.807) is 7.05 Å². The minimum absolute atomic E-state index is 0.295. The topological polar surface area (TPSA) is 61.9 Å². The molecule has 0 saturated carbocycles. The third-order valence-electron chi connectivity index (χ3n) is 5.64. The highest BCUT2D eigenvalue weighted by Gasteiger charge is 2.13. The lowest BCUT2D eigenvalue weighted by molar-refractivity contribution is 0.305. The average molecular weight is 422 g/mol. The molecule has 5 aromatic rings. The van der Waals surface area contributed by atoms with Gasteiger partial charge in [-0.1, -0.05) is 60.7 Å². The lowest BCUT2D eigenvalue weighted by atomic mass is 10.0. The first-order valence-electron chi connectivity index (χ1n) is 10.4. The molecule has 1 aromatic heterocycles. The van der Waals surface area contributed by atoms with Gasteiger partial charge in [0, 0.05) is 12.6 Å². The van der Waals surface area contributed by atoms with E-state index in [0.717, 1.165) is 27.6 Å². The van der Waals surface area contributed by atoms with Crippen molar-refractivity contribution in [3.8, 4) is 22.6 Å². The number of hydrogen-bond donors (Lipinski definition) is 0. The van der Waals surface area contributed by atoms with E-state index >= 15 is 0 Å². The number of aryl methyl sites for hydroxylation is 2. The number of fused-ring (bicyclic) bond motifs is 1. The Morgan fingerprint density at radius 2 is 1.62 bits per heavy atom. The van der Waals surface area contributed by atoms with E-state index in [-0.39, 0.29) is 5.69 Å². The monoisotopic (exact) mass is 422 g/mol. The summed E-state index contributed by atoms with van der Waals surface area (Å²) in [4.78, 5) is 12.4. The lowest BCUT2D eigenvalue weighted by Crippen LogP contribution is -2.23. The molecule has 0 aliphatic carbocycles. The van der Waals surface area contributed by atoms with Crippen LogP contribution in [0.5, 0.6) is 5.75 Å². The van der Waals surface area contributed by atoms with Crippen molar-refractivity contribution < 1.29 is 4.74 Å². The van der Waals surface area contributed by atoms with Gasteiger partial charge in [0.25, 0.3) is 0 Å². The van der Waals surface area contributed by atoms with Crippen LogP contribution in [0.25, 0.3) is 27.6 Å². The van der Waals surface area contributed by atoms with Crippen LogP contribution in [0.1, 0.15) is 11.1 Å². The van der Waals surface area contributed by atoms with Crippen LogP contribution >= 0.6 is 0 Å². The first-order chi connectivity index (χ1) is 15.6. The molecule has 4 aromatic carbocycles. The second-order valence-electron chi connectivity index (χ2n) is 7.75. The molecule has 32 heavy (non-hydrogen) atoms. The molecule has 0 aliphatic rings. The van der Waals surface area contributed by atoms with Crippen molar-refractivity contribution in [2.45, 2.75) is 13.5 Å². The van der Waals surface area contributed by atoms with Gasteiger partial charge in [0.2, 0.25) is 0 Å². The summed E-state index contributed by atoms with van der Waals surface area (Å²) in [5.41, 5.74) is 4.64. The van der Waals surface area contributed by atoms with Gasteiger partial charge >= 0.3 is 5.69 Å². The van der Waals surface area contributed by atoms with Crippen LogP contribution < -0.4 is 10.4 Å². The maximum absolute atomic E-state index is 12.4. The van der Waals surface area contributed by atoms with Crippen LogP contribution in [0.2, 0.25) is 0 Å². The van der Waals surface area contributed by atoms with Gasteiger partial charge in [0.15, 0.2) is 0 Å². The number of rotatable bonds is 5. The maximum Gasteiger partial charge on any atom is 0.368 e. The number of hydrogen-bond acceptors (Lipinski definition) is 4. The molecule has 1 heterocycles. The van der Waals surface area contributed by atoms with Crippen molar-refractivity contribution in [1.82, 2.24) is 19.8 Å². The summed E-state index contributed by atoms with van der Waals surface area (Å²) in [6.07, 6.45) is 0. The largest absolute Gasteiger partial charge is 0.489 e. The molecule has 0 N–H and O–H groups in total. The molecule has 0 spiro atoms. The van der Waals surface area contributed by atoms with Crippen LogP contribution in [-0.2, 0) is 13.7 Å². The fourth-order valence-electron chi connectivity index (χ4n) is 3.82. The van der Waals surface area contributed by atoms with Gasteiger partial charge in [0.05, 0.1) is 5.69 Å². The molecule has 0 radical (unpaired) electrons. The van der Waals surface area contributed by atoms with E-state index in [0.29, 0.717) is 12.3 Å². The highest BCUT2D eigenvalue weighted by atomic mass is 16.5. The first kappa shape index (κ1) is 19.8. The highest BCUT2D eigenvalue weighted by Crippen LogP contribution is 2.28. The maximum atomic E-state index is 12.4. The summed E-state index contributed by atoms with van der Waals surface area (Å²) in [6, 6.07) is 28.6. The zero-order chi connectivity index (χ0) is 22.1. The van der Waals surface area contributed by atoms with Gasteiger partial charge in [-0.15, -0.1) is 0 Å². The second-order valence-corrected chi connectivity index (χ2v) is 7.75. The first-order valence-corrected chi connectivity index (χ1v) is 10.4. The number of nitrogens with zero attached hydrogens (tertiary/aromatic N) is 4. The van der Waals surface area contributed by atoms with E-state index in [9.17, 15) is 4.79 Å². The minimum atomic E-state index is -0.295. The third-order valence-corrected chi connectivity index (χ3v) is 5.64. The zero-order valence-corrected chi connectivity index (χ0v) is 17.9. The Labute approximate surface area is 185 Å². The molecule has 6 nitrogen and oxygen atoms in total. The molecule has 5 rings (SSSR count). The quantitative estimate of drug-likeness (QED) is 0.413. The standard InChI is InChI=1S/C26H22N4O2/c1-18-7-6-10-25(30-26(31)29(2)27-28-30)24(18)17-32-23-14-13-20-11-12-21(15-22(20)16-23)19-8-4-3-5-9-19/h3-16H,17H2,1-2H3. The molecule has 0 atom stereocenters. The van der Waals surface area contributed by atoms with Gasteiger partial charge in [-0.3, -0.25) is 0 Å². The van der Waals surface area contributed by atoms with Crippen LogP contribution in [0, 0.1) is 6.92 Å². The average Bonchev–Trinajstić information content (AvgIpc) is 3.16. The fourth-order valence-corrected chi connectivity index (χ4v) is 3.82. The number of aromatic nitrogens is 4. The predicted molar refractivity (Wildman–Crippen MR) is 125 cm³/mol. The Kier molecular flexibility index (Phi) is 5.03. The Bertz CT molecular complexity index is 1470. The van der Waals surface area contributed by atoms with E-state index in [1.807, 2.05) is 55.5 Å². The Morgan fingerprint density at radius 3 is 2.41 bits per heavy atom. The SMILES string of the molecule is Cc1cccc(-n2nnn(C)c2=O)c1COc1ccc2ccc(-c3ccccc3)cc2c1. The van der Waals surface area contributed by atoms with E-state index in [4.69, 9.17) is 4.74 Å². The predicted octanol–water partition coefficient (Wildman–Crippen LogP) is 4.67. The second kappa shape index (κ2) is 8.15. The summed E-state index contributed by atoms with van der Waals surface area (Å²) in [5.74, 6) is 0.767. The van der Waals surface area contributed by atoms with Crippen LogP contribution in [0.4, 0.5) is 0 Å². The lowest BCUT2D eigenvalue weighted by Gasteiger charge is -2.13. The van der Waals surface area contributed by atoms with Crippen LogP contribution in [-0.4, -0.2) is 19.8 Å². The fraction of sp³-hybridized carbons (Fsp3) is 0.115. The van der Waals surface area contributed by atoms with Crippen molar-refractivity contribution in [3.05, 3.63) is 107 Å². The molecule has 0 unspecified atom stereocenters. The Balaban J connectivity index is 1.46.